The molecule has 2 N–H and O–H groups in total. The van der Waals surface area contributed by atoms with Crippen LogP contribution in [0.4, 0.5) is 13.2 Å². The molecule has 0 fully saturated rings. The Bertz CT molecular complexity index is 626. The lowest BCUT2D eigenvalue weighted by Crippen LogP contribution is -2.19. The second-order valence-corrected chi connectivity index (χ2v) is 4.56. The molecule has 1 aromatic carbocycles. The predicted molar refractivity (Wildman–Crippen MR) is 71.6 cm³/mol. The van der Waals surface area contributed by atoms with Crippen LogP contribution in [-0.2, 0) is 6.18 Å². The molecule has 0 radical (unpaired) electrons. The van der Waals surface area contributed by atoms with Crippen molar-refractivity contribution in [2.45, 2.75) is 18.6 Å². The van der Waals surface area contributed by atoms with Crippen molar-refractivity contribution in [3.63, 3.8) is 0 Å². The van der Waals surface area contributed by atoms with Gasteiger partial charge in [-0.2, -0.15) is 13.2 Å². The van der Waals surface area contributed by atoms with Crippen LogP contribution in [0.3, 0.4) is 0 Å². The summed E-state index contributed by atoms with van der Waals surface area (Å²) < 4.78 is 38.6. The van der Waals surface area contributed by atoms with Gasteiger partial charge in [-0.05, 0) is 11.6 Å². The Balaban J connectivity index is 2.22. The maximum atomic E-state index is 12.9. The third-order valence-electron chi connectivity index (χ3n) is 3.06. The van der Waals surface area contributed by atoms with Gasteiger partial charge < -0.3 is 5.73 Å². The molecule has 1 heterocycles. The lowest BCUT2D eigenvalue weighted by Gasteiger charge is -2.14. The van der Waals surface area contributed by atoms with Crippen molar-refractivity contribution >= 4 is 5.78 Å². The van der Waals surface area contributed by atoms with E-state index in [1.54, 1.807) is 30.3 Å². The maximum absolute atomic E-state index is 12.9. The third kappa shape index (κ3) is 3.66. The molecule has 110 valence electrons. The normalized spacial score (nSPS) is 13.0. The van der Waals surface area contributed by atoms with E-state index >= 15 is 0 Å². The van der Waals surface area contributed by atoms with E-state index in [1.807, 2.05) is 0 Å². The van der Waals surface area contributed by atoms with Gasteiger partial charge in [0.2, 0.25) is 0 Å². The highest BCUT2D eigenvalue weighted by atomic mass is 19.4. The topological polar surface area (TPSA) is 56.0 Å². The van der Waals surface area contributed by atoms with Crippen LogP contribution in [0.15, 0.2) is 48.8 Å². The Labute approximate surface area is 119 Å². The van der Waals surface area contributed by atoms with Crippen molar-refractivity contribution in [2.75, 3.05) is 0 Å². The molecule has 0 bridgehead atoms. The highest BCUT2D eigenvalue weighted by molar-refractivity contribution is 5.97. The minimum atomic E-state index is -4.59. The minimum absolute atomic E-state index is 0.210. The van der Waals surface area contributed by atoms with Crippen LogP contribution in [0.25, 0.3) is 0 Å². The molecular weight excluding hydrogens is 281 g/mol. The smallest absolute Gasteiger partial charge is 0.324 e. The van der Waals surface area contributed by atoms with Crippen molar-refractivity contribution in [3.8, 4) is 0 Å². The van der Waals surface area contributed by atoms with Crippen LogP contribution in [0.2, 0.25) is 0 Å². The van der Waals surface area contributed by atoms with Crippen molar-refractivity contribution in [2.24, 2.45) is 5.73 Å². The average Bonchev–Trinajstić information content (AvgIpc) is 2.47. The van der Waals surface area contributed by atoms with E-state index in [-0.39, 0.29) is 6.42 Å². The Kier molecular flexibility index (Phi) is 4.37. The standard InChI is InChI=1S/C15H13F3N2O/c16-15(17,18)12-6-7-20-9-11(12)14(21)8-13(19)10-4-2-1-3-5-10/h1-7,9,13H,8,19H2. The number of nitrogens with two attached hydrogens (primary N) is 1. The molecule has 2 rings (SSSR count). The van der Waals surface area contributed by atoms with Crippen LogP contribution >= 0.6 is 0 Å². The number of Topliss-reactive ketones (excluding diaryl/α,β-unsaturated/α-hetero) is 1. The van der Waals surface area contributed by atoms with Crippen molar-refractivity contribution in [3.05, 3.63) is 65.5 Å². The summed E-state index contributed by atoms with van der Waals surface area (Å²) in [4.78, 5) is 15.7. The second kappa shape index (κ2) is 6.05. The molecule has 1 unspecified atom stereocenters. The fourth-order valence-electron chi connectivity index (χ4n) is 1.99. The number of rotatable bonds is 4. The number of pyridine rings is 1. The number of hydrogen-bond acceptors (Lipinski definition) is 3. The van der Waals surface area contributed by atoms with Gasteiger partial charge in [-0.1, -0.05) is 30.3 Å². The SMILES string of the molecule is NC(CC(=O)c1cnccc1C(F)(F)F)c1ccccc1. The van der Waals surface area contributed by atoms with E-state index in [1.165, 1.54) is 0 Å². The summed E-state index contributed by atoms with van der Waals surface area (Å²) in [5.74, 6) is -0.674. The minimum Gasteiger partial charge on any atom is -0.324 e. The van der Waals surface area contributed by atoms with Crippen LogP contribution in [0.5, 0.6) is 0 Å². The summed E-state index contributed by atoms with van der Waals surface area (Å²) >= 11 is 0. The van der Waals surface area contributed by atoms with Crippen molar-refractivity contribution in [1.29, 1.82) is 0 Å². The summed E-state index contributed by atoms with van der Waals surface area (Å²) in [5.41, 5.74) is 5.14. The molecule has 1 atom stereocenters. The van der Waals surface area contributed by atoms with Gasteiger partial charge in [-0.15, -0.1) is 0 Å². The number of ketones is 1. The van der Waals surface area contributed by atoms with E-state index in [2.05, 4.69) is 4.98 Å². The van der Waals surface area contributed by atoms with E-state index in [0.29, 0.717) is 5.56 Å². The number of alkyl halides is 3. The average molecular weight is 294 g/mol. The zero-order valence-electron chi connectivity index (χ0n) is 11.0. The van der Waals surface area contributed by atoms with E-state index in [0.717, 1.165) is 18.5 Å². The lowest BCUT2D eigenvalue weighted by atomic mass is 9.97. The molecule has 1 aromatic heterocycles. The highest BCUT2D eigenvalue weighted by Gasteiger charge is 2.35. The Morgan fingerprint density at radius 3 is 2.48 bits per heavy atom. The number of carbonyl (C=O) groups excluding carboxylic acids is 1. The first kappa shape index (κ1) is 15.2. The number of nitrogens with zero attached hydrogens (tertiary/aromatic N) is 1. The molecular formula is C15H13F3N2O. The molecule has 0 spiro atoms. The third-order valence-corrected chi connectivity index (χ3v) is 3.06. The van der Waals surface area contributed by atoms with Gasteiger partial charge in [0.15, 0.2) is 5.78 Å². The van der Waals surface area contributed by atoms with Crippen molar-refractivity contribution < 1.29 is 18.0 Å². The van der Waals surface area contributed by atoms with Gasteiger partial charge in [0.25, 0.3) is 0 Å². The zero-order chi connectivity index (χ0) is 15.5. The number of hydrogen-bond donors (Lipinski definition) is 1. The number of halogens is 3. The van der Waals surface area contributed by atoms with Gasteiger partial charge in [-0.3, -0.25) is 9.78 Å². The van der Waals surface area contributed by atoms with Crippen LogP contribution in [0.1, 0.15) is 33.9 Å². The first-order chi connectivity index (χ1) is 9.89. The van der Waals surface area contributed by atoms with E-state index in [9.17, 15) is 18.0 Å². The summed E-state index contributed by atoms with van der Waals surface area (Å²) in [5, 5.41) is 0. The molecule has 0 aliphatic heterocycles. The van der Waals surface area contributed by atoms with Crippen molar-refractivity contribution in [1.82, 2.24) is 4.98 Å². The lowest BCUT2D eigenvalue weighted by molar-refractivity contribution is -0.138. The monoisotopic (exact) mass is 294 g/mol. The molecule has 2 aromatic rings. The van der Waals surface area contributed by atoms with Gasteiger partial charge in [0.1, 0.15) is 0 Å². The van der Waals surface area contributed by atoms with Crippen LogP contribution in [-0.4, -0.2) is 10.8 Å². The van der Waals surface area contributed by atoms with E-state index < -0.39 is 29.1 Å². The number of aromatic nitrogens is 1. The largest absolute Gasteiger partial charge is 0.417 e. The molecule has 6 heteroatoms. The Hall–Kier alpha value is -2.21. The van der Waals surface area contributed by atoms with E-state index in [4.69, 9.17) is 5.73 Å². The number of carbonyl (C=O) groups is 1. The van der Waals surface area contributed by atoms with Gasteiger partial charge in [0, 0.05) is 30.4 Å². The molecule has 0 aliphatic rings. The molecule has 0 aliphatic carbocycles. The molecule has 0 saturated carbocycles. The quantitative estimate of drug-likeness (QED) is 0.880. The van der Waals surface area contributed by atoms with Crippen LogP contribution < -0.4 is 5.73 Å². The molecule has 0 saturated heterocycles. The second-order valence-electron chi connectivity index (χ2n) is 4.56. The molecule has 21 heavy (non-hydrogen) atoms. The van der Waals surface area contributed by atoms with Gasteiger partial charge >= 0.3 is 6.18 Å². The summed E-state index contributed by atoms with van der Waals surface area (Å²) in [7, 11) is 0. The summed E-state index contributed by atoms with van der Waals surface area (Å²) in [6.07, 6.45) is -2.86. The Morgan fingerprint density at radius 2 is 1.86 bits per heavy atom. The fourth-order valence-corrected chi connectivity index (χ4v) is 1.99. The van der Waals surface area contributed by atoms with Crippen LogP contribution in [0, 0.1) is 0 Å². The molecule has 3 nitrogen and oxygen atoms in total. The zero-order valence-corrected chi connectivity index (χ0v) is 11.0. The summed E-state index contributed by atoms with van der Waals surface area (Å²) in [6, 6.07) is 8.90. The fraction of sp³-hybridized carbons (Fsp3) is 0.200. The number of benzene rings is 1. The Morgan fingerprint density at radius 1 is 1.19 bits per heavy atom. The first-order valence-corrected chi connectivity index (χ1v) is 6.24. The maximum Gasteiger partial charge on any atom is 0.417 e. The molecule has 0 amide bonds. The van der Waals surface area contributed by atoms with Gasteiger partial charge in [-0.25, -0.2) is 0 Å². The summed E-state index contributed by atoms with van der Waals surface area (Å²) in [6.45, 7) is 0. The predicted octanol–water partition coefficient (Wildman–Crippen LogP) is 3.37. The first-order valence-electron chi connectivity index (χ1n) is 6.24. The van der Waals surface area contributed by atoms with Gasteiger partial charge in [0.05, 0.1) is 5.56 Å². The highest BCUT2D eigenvalue weighted by Crippen LogP contribution is 2.32.